The first-order valence-corrected chi connectivity index (χ1v) is 9.45. The standard InChI is InChI=1S/C19H28FN3O3/c20-16-4-6-17(7-5-16)22-9-11-23(12-10-22)19(24)21-8-2-13-25-15-18-3-1-14-26-18/h4-7,18H,1-3,8-15H2,(H,21,24). The van der Waals surface area contributed by atoms with Gasteiger partial charge in [0, 0.05) is 51.6 Å². The maximum Gasteiger partial charge on any atom is 0.317 e. The van der Waals surface area contributed by atoms with E-state index in [4.69, 9.17) is 9.47 Å². The minimum atomic E-state index is -0.230. The third kappa shape index (κ3) is 5.57. The number of nitrogens with one attached hydrogen (secondary N) is 1. The number of benzene rings is 1. The van der Waals surface area contributed by atoms with Crippen LogP contribution in [0.15, 0.2) is 24.3 Å². The van der Waals surface area contributed by atoms with Gasteiger partial charge < -0.3 is 24.6 Å². The van der Waals surface area contributed by atoms with E-state index in [0.717, 1.165) is 44.6 Å². The van der Waals surface area contributed by atoms with Crippen LogP contribution >= 0.6 is 0 Å². The van der Waals surface area contributed by atoms with Crippen molar-refractivity contribution < 1.29 is 18.7 Å². The summed E-state index contributed by atoms with van der Waals surface area (Å²) in [5.41, 5.74) is 0.995. The van der Waals surface area contributed by atoms with Crippen LogP contribution in [0.1, 0.15) is 19.3 Å². The topological polar surface area (TPSA) is 54.0 Å². The van der Waals surface area contributed by atoms with Gasteiger partial charge in [-0.1, -0.05) is 0 Å². The minimum absolute atomic E-state index is 0.0251. The number of rotatable bonds is 7. The van der Waals surface area contributed by atoms with E-state index >= 15 is 0 Å². The molecule has 0 aromatic heterocycles. The van der Waals surface area contributed by atoms with Crippen molar-refractivity contribution in [3.8, 4) is 0 Å². The summed E-state index contributed by atoms with van der Waals surface area (Å²) in [6.45, 7) is 5.59. The van der Waals surface area contributed by atoms with Crippen LogP contribution in [0.25, 0.3) is 0 Å². The molecule has 2 aliphatic rings. The molecule has 1 atom stereocenters. The number of carbonyl (C=O) groups is 1. The largest absolute Gasteiger partial charge is 0.379 e. The molecule has 0 radical (unpaired) electrons. The lowest BCUT2D eigenvalue weighted by Crippen LogP contribution is -2.52. The normalized spacial score (nSPS) is 20.4. The molecule has 1 aromatic carbocycles. The quantitative estimate of drug-likeness (QED) is 0.753. The zero-order valence-electron chi connectivity index (χ0n) is 15.2. The van der Waals surface area contributed by atoms with Crippen molar-refractivity contribution in [2.75, 3.05) is 57.4 Å². The first-order valence-electron chi connectivity index (χ1n) is 9.45. The van der Waals surface area contributed by atoms with Crippen LogP contribution in [0.3, 0.4) is 0 Å². The summed E-state index contributed by atoms with van der Waals surface area (Å²) in [5, 5.41) is 2.95. The predicted octanol–water partition coefficient (Wildman–Crippen LogP) is 2.24. The third-order valence-corrected chi connectivity index (χ3v) is 4.83. The number of anilines is 1. The Kier molecular flexibility index (Phi) is 7.08. The van der Waals surface area contributed by atoms with Crippen molar-refractivity contribution >= 4 is 11.7 Å². The Morgan fingerprint density at radius 3 is 2.69 bits per heavy atom. The monoisotopic (exact) mass is 365 g/mol. The summed E-state index contributed by atoms with van der Waals surface area (Å²) in [7, 11) is 0. The van der Waals surface area contributed by atoms with E-state index < -0.39 is 0 Å². The summed E-state index contributed by atoms with van der Waals surface area (Å²) >= 11 is 0. The Bertz CT molecular complexity index is 556. The van der Waals surface area contributed by atoms with Crippen LogP contribution in [0.2, 0.25) is 0 Å². The molecule has 7 heteroatoms. The fourth-order valence-corrected chi connectivity index (χ4v) is 3.29. The second-order valence-corrected chi connectivity index (χ2v) is 6.75. The lowest BCUT2D eigenvalue weighted by atomic mass is 10.2. The van der Waals surface area contributed by atoms with E-state index in [-0.39, 0.29) is 18.0 Å². The van der Waals surface area contributed by atoms with Gasteiger partial charge in [0.2, 0.25) is 0 Å². The number of ether oxygens (including phenoxy) is 2. The Labute approximate surface area is 154 Å². The fraction of sp³-hybridized carbons (Fsp3) is 0.632. The Balaban J connectivity index is 1.27. The smallest absolute Gasteiger partial charge is 0.317 e. The number of amides is 2. The second-order valence-electron chi connectivity index (χ2n) is 6.75. The zero-order valence-corrected chi connectivity index (χ0v) is 15.2. The Hall–Kier alpha value is -1.86. The average molecular weight is 365 g/mol. The summed E-state index contributed by atoms with van der Waals surface area (Å²) in [5.74, 6) is -0.230. The van der Waals surface area contributed by atoms with Crippen molar-refractivity contribution in [1.82, 2.24) is 10.2 Å². The average Bonchev–Trinajstić information content (AvgIpc) is 3.19. The highest BCUT2D eigenvalue weighted by molar-refractivity contribution is 5.74. The molecule has 1 unspecified atom stereocenters. The molecule has 0 saturated carbocycles. The predicted molar refractivity (Wildman–Crippen MR) is 98.0 cm³/mol. The van der Waals surface area contributed by atoms with Crippen LogP contribution in [0.4, 0.5) is 14.9 Å². The molecule has 2 aliphatic heterocycles. The first-order chi connectivity index (χ1) is 12.7. The Morgan fingerprint density at radius 1 is 1.23 bits per heavy atom. The first kappa shape index (κ1) is 18.9. The number of hydrogen-bond donors (Lipinski definition) is 1. The van der Waals surface area contributed by atoms with Gasteiger partial charge in [0.25, 0.3) is 0 Å². The number of carbonyl (C=O) groups excluding carboxylic acids is 1. The van der Waals surface area contributed by atoms with Gasteiger partial charge in [-0.15, -0.1) is 0 Å². The van der Waals surface area contributed by atoms with Gasteiger partial charge in [-0.3, -0.25) is 0 Å². The van der Waals surface area contributed by atoms with E-state index in [1.807, 2.05) is 4.90 Å². The number of hydrogen-bond acceptors (Lipinski definition) is 4. The molecule has 3 rings (SSSR count). The van der Waals surface area contributed by atoms with E-state index in [0.29, 0.717) is 32.8 Å². The number of urea groups is 1. The maximum absolute atomic E-state index is 13.0. The molecule has 0 aliphatic carbocycles. The van der Waals surface area contributed by atoms with Gasteiger partial charge in [-0.2, -0.15) is 0 Å². The van der Waals surface area contributed by atoms with E-state index in [9.17, 15) is 9.18 Å². The summed E-state index contributed by atoms with van der Waals surface area (Å²) in [6, 6.07) is 6.47. The zero-order chi connectivity index (χ0) is 18.2. The fourth-order valence-electron chi connectivity index (χ4n) is 3.29. The molecule has 0 spiro atoms. The summed E-state index contributed by atoms with van der Waals surface area (Å²) in [6.07, 6.45) is 3.26. The second kappa shape index (κ2) is 9.73. The van der Waals surface area contributed by atoms with E-state index in [1.165, 1.54) is 12.1 Å². The third-order valence-electron chi connectivity index (χ3n) is 4.83. The van der Waals surface area contributed by atoms with E-state index in [2.05, 4.69) is 10.2 Å². The molecule has 1 N–H and O–H groups in total. The highest BCUT2D eigenvalue weighted by Crippen LogP contribution is 2.17. The van der Waals surface area contributed by atoms with Crippen LogP contribution in [0, 0.1) is 5.82 Å². The highest BCUT2D eigenvalue weighted by atomic mass is 19.1. The lowest BCUT2D eigenvalue weighted by molar-refractivity contribution is 0.0167. The van der Waals surface area contributed by atoms with Crippen molar-refractivity contribution in [1.29, 1.82) is 0 Å². The van der Waals surface area contributed by atoms with Gasteiger partial charge in [0.05, 0.1) is 12.7 Å². The van der Waals surface area contributed by atoms with Crippen molar-refractivity contribution in [3.63, 3.8) is 0 Å². The highest BCUT2D eigenvalue weighted by Gasteiger charge is 2.21. The number of piperazine rings is 1. The molecule has 0 bridgehead atoms. The van der Waals surface area contributed by atoms with Gasteiger partial charge in [-0.25, -0.2) is 9.18 Å². The maximum atomic E-state index is 13.0. The van der Waals surface area contributed by atoms with Gasteiger partial charge in [0.1, 0.15) is 5.82 Å². The molecule has 26 heavy (non-hydrogen) atoms. The number of nitrogens with zero attached hydrogens (tertiary/aromatic N) is 2. The molecule has 2 heterocycles. The summed E-state index contributed by atoms with van der Waals surface area (Å²) in [4.78, 5) is 16.2. The molecular weight excluding hydrogens is 337 g/mol. The lowest BCUT2D eigenvalue weighted by Gasteiger charge is -2.36. The SMILES string of the molecule is O=C(NCCCOCC1CCCO1)N1CCN(c2ccc(F)cc2)CC1. The Morgan fingerprint density at radius 2 is 2.00 bits per heavy atom. The molecular formula is C19H28FN3O3. The molecule has 2 amide bonds. The molecule has 1 aromatic rings. The van der Waals surface area contributed by atoms with Gasteiger partial charge >= 0.3 is 6.03 Å². The van der Waals surface area contributed by atoms with Crippen LogP contribution in [-0.2, 0) is 9.47 Å². The van der Waals surface area contributed by atoms with Crippen molar-refractivity contribution in [2.45, 2.75) is 25.4 Å². The van der Waals surface area contributed by atoms with Gasteiger partial charge in [0.15, 0.2) is 0 Å². The minimum Gasteiger partial charge on any atom is -0.379 e. The van der Waals surface area contributed by atoms with Crippen molar-refractivity contribution in [2.24, 2.45) is 0 Å². The number of halogens is 1. The molecule has 2 fully saturated rings. The van der Waals surface area contributed by atoms with Crippen molar-refractivity contribution in [3.05, 3.63) is 30.1 Å². The van der Waals surface area contributed by atoms with Crippen LogP contribution < -0.4 is 10.2 Å². The molecule has 6 nitrogen and oxygen atoms in total. The van der Waals surface area contributed by atoms with Gasteiger partial charge in [-0.05, 0) is 43.5 Å². The molecule has 2 saturated heterocycles. The molecule has 144 valence electrons. The van der Waals surface area contributed by atoms with Crippen LogP contribution in [-0.4, -0.2) is 69.6 Å². The van der Waals surface area contributed by atoms with E-state index in [1.54, 1.807) is 12.1 Å². The summed E-state index contributed by atoms with van der Waals surface area (Å²) < 4.78 is 24.1. The van der Waals surface area contributed by atoms with Crippen LogP contribution in [0.5, 0.6) is 0 Å².